The first-order valence-corrected chi connectivity index (χ1v) is 6.87. The molecule has 0 unspecified atom stereocenters. The largest absolute Gasteiger partial charge is 0.373 e. The second-order valence-electron chi connectivity index (χ2n) is 5.76. The Kier molecular flexibility index (Phi) is 4.37. The third kappa shape index (κ3) is 4.14. The van der Waals surface area contributed by atoms with Crippen LogP contribution in [0, 0.1) is 13.8 Å². The van der Waals surface area contributed by atoms with Gasteiger partial charge in [-0.2, -0.15) is 0 Å². The molecule has 5 heteroatoms. The summed E-state index contributed by atoms with van der Waals surface area (Å²) < 4.78 is 5.71. The van der Waals surface area contributed by atoms with Crippen molar-refractivity contribution >= 4 is 5.82 Å². The number of anilines is 1. The summed E-state index contributed by atoms with van der Waals surface area (Å²) in [6.45, 7) is 12.9. The molecule has 0 spiro atoms. The zero-order valence-corrected chi connectivity index (χ0v) is 12.4. The maximum atomic E-state index is 5.71. The summed E-state index contributed by atoms with van der Waals surface area (Å²) in [5, 5.41) is 3.37. The van der Waals surface area contributed by atoms with Gasteiger partial charge in [-0.1, -0.05) is 0 Å². The molecule has 2 heterocycles. The van der Waals surface area contributed by atoms with Crippen LogP contribution < -0.4 is 5.32 Å². The Morgan fingerprint density at radius 2 is 2.21 bits per heavy atom. The lowest BCUT2D eigenvalue weighted by Crippen LogP contribution is -2.49. The van der Waals surface area contributed by atoms with Crippen LogP contribution in [-0.2, 0) is 4.74 Å². The zero-order chi connectivity index (χ0) is 13.9. The molecule has 1 aliphatic heterocycles. The summed E-state index contributed by atoms with van der Waals surface area (Å²) in [6.07, 6.45) is 1.80. The minimum Gasteiger partial charge on any atom is -0.373 e. The molecule has 1 N–H and O–H groups in total. The second kappa shape index (κ2) is 5.84. The third-order valence-electron chi connectivity index (χ3n) is 3.30. The monoisotopic (exact) mass is 264 g/mol. The van der Waals surface area contributed by atoms with Gasteiger partial charge in [-0.05, 0) is 27.7 Å². The molecule has 1 aliphatic rings. The van der Waals surface area contributed by atoms with Crippen LogP contribution in [0.3, 0.4) is 0 Å². The van der Waals surface area contributed by atoms with E-state index in [1.807, 2.05) is 13.8 Å². The standard InChI is InChI=1S/C14H24N4O/c1-11-9-16-12(2)13(17-11)15-5-6-18-7-8-19-14(3,4)10-18/h9H,5-8,10H2,1-4H3,(H,15,17). The molecule has 1 aromatic heterocycles. The van der Waals surface area contributed by atoms with E-state index in [2.05, 4.69) is 34.0 Å². The molecule has 0 aromatic carbocycles. The van der Waals surface area contributed by atoms with E-state index in [4.69, 9.17) is 4.74 Å². The highest BCUT2D eigenvalue weighted by Gasteiger charge is 2.26. The highest BCUT2D eigenvalue weighted by Crippen LogP contribution is 2.16. The number of ether oxygens (including phenoxy) is 1. The molecule has 19 heavy (non-hydrogen) atoms. The number of rotatable bonds is 4. The van der Waals surface area contributed by atoms with Crippen molar-refractivity contribution < 1.29 is 4.74 Å². The van der Waals surface area contributed by atoms with Crippen molar-refractivity contribution in [1.29, 1.82) is 0 Å². The highest BCUT2D eigenvalue weighted by atomic mass is 16.5. The van der Waals surface area contributed by atoms with Gasteiger partial charge in [0.2, 0.25) is 0 Å². The van der Waals surface area contributed by atoms with Gasteiger partial charge in [0.25, 0.3) is 0 Å². The minimum absolute atomic E-state index is 0.0304. The molecule has 1 saturated heterocycles. The first kappa shape index (κ1) is 14.2. The van der Waals surface area contributed by atoms with Crippen molar-refractivity contribution in [2.24, 2.45) is 0 Å². The van der Waals surface area contributed by atoms with Crippen molar-refractivity contribution in [3.05, 3.63) is 17.6 Å². The smallest absolute Gasteiger partial charge is 0.147 e. The fourth-order valence-electron chi connectivity index (χ4n) is 2.34. The number of hydrogen-bond acceptors (Lipinski definition) is 5. The minimum atomic E-state index is -0.0304. The predicted molar refractivity (Wildman–Crippen MR) is 76.5 cm³/mol. The van der Waals surface area contributed by atoms with Gasteiger partial charge < -0.3 is 10.1 Å². The van der Waals surface area contributed by atoms with E-state index in [9.17, 15) is 0 Å². The maximum Gasteiger partial charge on any atom is 0.147 e. The van der Waals surface area contributed by atoms with E-state index >= 15 is 0 Å². The molecular formula is C14H24N4O. The van der Waals surface area contributed by atoms with Crippen molar-refractivity contribution in [2.45, 2.75) is 33.3 Å². The lowest BCUT2D eigenvalue weighted by molar-refractivity contribution is -0.0848. The normalized spacial score (nSPS) is 19.4. The van der Waals surface area contributed by atoms with Crippen LogP contribution >= 0.6 is 0 Å². The molecule has 0 amide bonds. The van der Waals surface area contributed by atoms with E-state index in [0.29, 0.717) is 0 Å². The second-order valence-corrected chi connectivity index (χ2v) is 5.76. The molecule has 1 aromatic rings. The van der Waals surface area contributed by atoms with Crippen molar-refractivity contribution in [1.82, 2.24) is 14.9 Å². The van der Waals surface area contributed by atoms with Crippen LogP contribution in [0.1, 0.15) is 25.2 Å². The van der Waals surface area contributed by atoms with Crippen LogP contribution in [0.2, 0.25) is 0 Å². The molecule has 0 atom stereocenters. The summed E-state index contributed by atoms with van der Waals surface area (Å²) in [7, 11) is 0. The van der Waals surface area contributed by atoms with E-state index in [-0.39, 0.29) is 5.60 Å². The fraction of sp³-hybridized carbons (Fsp3) is 0.714. The van der Waals surface area contributed by atoms with Crippen LogP contribution in [0.25, 0.3) is 0 Å². The number of nitrogens with one attached hydrogen (secondary N) is 1. The highest BCUT2D eigenvalue weighted by molar-refractivity contribution is 5.39. The predicted octanol–water partition coefficient (Wildman–Crippen LogP) is 1.62. The average molecular weight is 264 g/mol. The van der Waals surface area contributed by atoms with Gasteiger partial charge in [-0.15, -0.1) is 0 Å². The number of aromatic nitrogens is 2. The molecule has 0 saturated carbocycles. The first-order chi connectivity index (χ1) is 8.96. The van der Waals surface area contributed by atoms with Crippen molar-refractivity contribution in [2.75, 3.05) is 38.1 Å². The quantitative estimate of drug-likeness (QED) is 0.895. The van der Waals surface area contributed by atoms with Crippen LogP contribution in [0.15, 0.2) is 6.20 Å². The topological polar surface area (TPSA) is 50.3 Å². The van der Waals surface area contributed by atoms with E-state index in [0.717, 1.165) is 50.0 Å². The lowest BCUT2D eigenvalue weighted by atomic mass is 10.1. The lowest BCUT2D eigenvalue weighted by Gasteiger charge is -2.38. The molecule has 5 nitrogen and oxygen atoms in total. The van der Waals surface area contributed by atoms with E-state index < -0.39 is 0 Å². The van der Waals surface area contributed by atoms with Crippen LogP contribution in [-0.4, -0.2) is 53.3 Å². The summed E-state index contributed by atoms with van der Waals surface area (Å²) in [5.74, 6) is 0.896. The number of morpholine rings is 1. The molecule has 1 fully saturated rings. The molecule has 0 bridgehead atoms. The van der Waals surface area contributed by atoms with Crippen molar-refractivity contribution in [3.63, 3.8) is 0 Å². The Bertz CT molecular complexity index is 433. The van der Waals surface area contributed by atoms with Gasteiger partial charge >= 0.3 is 0 Å². The Morgan fingerprint density at radius 1 is 1.42 bits per heavy atom. The fourth-order valence-corrected chi connectivity index (χ4v) is 2.34. The summed E-state index contributed by atoms with van der Waals surface area (Å²) >= 11 is 0. The van der Waals surface area contributed by atoms with Crippen LogP contribution in [0.4, 0.5) is 5.82 Å². The summed E-state index contributed by atoms with van der Waals surface area (Å²) in [4.78, 5) is 11.2. The van der Waals surface area contributed by atoms with Crippen LogP contribution in [0.5, 0.6) is 0 Å². The molecule has 0 aliphatic carbocycles. The third-order valence-corrected chi connectivity index (χ3v) is 3.30. The van der Waals surface area contributed by atoms with Gasteiger partial charge in [-0.25, -0.2) is 4.98 Å². The summed E-state index contributed by atoms with van der Waals surface area (Å²) in [5.41, 5.74) is 1.87. The SMILES string of the molecule is Cc1cnc(C)c(NCCN2CCOC(C)(C)C2)n1. The van der Waals surface area contributed by atoms with Gasteiger partial charge in [0, 0.05) is 32.4 Å². The van der Waals surface area contributed by atoms with Crippen molar-refractivity contribution in [3.8, 4) is 0 Å². The molecular weight excluding hydrogens is 240 g/mol. The van der Waals surface area contributed by atoms with Gasteiger partial charge in [0.15, 0.2) is 0 Å². The van der Waals surface area contributed by atoms with Gasteiger partial charge in [-0.3, -0.25) is 9.88 Å². The first-order valence-electron chi connectivity index (χ1n) is 6.87. The number of aryl methyl sites for hydroxylation is 2. The Morgan fingerprint density at radius 3 is 2.95 bits per heavy atom. The average Bonchev–Trinajstić information content (AvgIpc) is 2.32. The Labute approximate surface area is 115 Å². The number of hydrogen-bond donors (Lipinski definition) is 1. The van der Waals surface area contributed by atoms with Gasteiger partial charge in [0.1, 0.15) is 5.82 Å². The number of nitrogens with zero attached hydrogens (tertiary/aromatic N) is 3. The molecule has 2 rings (SSSR count). The Balaban J connectivity index is 1.81. The maximum absolute atomic E-state index is 5.71. The molecule has 0 radical (unpaired) electrons. The van der Waals surface area contributed by atoms with E-state index in [1.165, 1.54) is 0 Å². The van der Waals surface area contributed by atoms with E-state index in [1.54, 1.807) is 6.20 Å². The van der Waals surface area contributed by atoms with Gasteiger partial charge in [0.05, 0.1) is 23.6 Å². The zero-order valence-electron chi connectivity index (χ0n) is 12.4. The Hall–Kier alpha value is -1.20. The molecule has 106 valence electrons. The summed E-state index contributed by atoms with van der Waals surface area (Å²) in [6, 6.07) is 0.